The van der Waals surface area contributed by atoms with Gasteiger partial charge in [0.25, 0.3) is 0 Å². The molecule has 1 heterocycles. The van der Waals surface area contributed by atoms with Gasteiger partial charge in [-0.15, -0.1) is 0 Å². The van der Waals surface area contributed by atoms with Crippen molar-refractivity contribution in [2.75, 3.05) is 35.0 Å². The molecule has 6 heteroatoms. The summed E-state index contributed by atoms with van der Waals surface area (Å²) in [6, 6.07) is 13.3. The molecule has 2 aromatic rings. The number of methoxy groups -OCH3 is 4. The first-order chi connectivity index (χ1) is 17.9. The molecule has 0 unspecified atom stereocenters. The van der Waals surface area contributed by atoms with Crippen LogP contribution in [0.4, 0.5) is 0 Å². The van der Waals surface area contributed by atoms with Crippen LogP contribution >= 0.6 is 0 Å². The van der Waals surface area contributed by atoms with E-state index in [1.54, 1.807) is 28.4 Å². The Labute approximate surface area is 223 Å². The van der Waals surface area contributed by atoms with E-state index in [4.69, 9.17) is 18.9 Å². The van der Waals surface area contributed by atoms with Crippen LogP contribution in [0.5, 0.6) is 23.0 Å². The molecule has 0 saturated carbocycles. The Kier molecular flexibility index (Phi) is 10.1. The third-order valence-corrected chi connectivity index (χ3v) is 8.04. The Balaban J connectivity index is 1.83. The Bertz CT molecular complexity index is 1080. The first-order valence-electron chi connectivity index (χ1n) is 13.5. The van der Waals surface area contributed by atoms with Gasteiger partial charge in [0.2, 0.25) is 0 Å². The van der Waals surface area contributed by atoms with Crippen molar-refractivity contribution in [1.29, 1.82) is 5.26 Å². The van der Waals surface area contributed by atoms with Gasteiger partial charge in [-0.25, -0.2) is 0 Å². The zero-order valence-electron chi connectivity index (χ0n) is 23.7. The maximum atomic E-state index is 10.5. The lowest BCUT2D eigenvalue weighted by Gasteiger charge is -2.38. The molecule has 3 rings (SSSR count). The van der Waals surface area contributed by atoms with Crippen molar-refractivity contribution < 1.29 is 18.9 Å². The van der Waals surface area contributed by atoms with E-state index in [2.05, 4.69) is 43.9 Å². The zero-order chi connectivity index (χ0) is 27.0. The molecular formula is C31H44N2O4. The minimum atomic E-state index is -0.586. The topological polar surface area (TPSA) is 64.0 Å². The monoisotopic (exact) mass is 508 g/mol. The molecule has 0 amide bonds. The fourth-order valence-electron chi connectivity index (χ4n) is 5.68. The average molecular weight is 509 g/mol. The van der Waals surface area contributed by atoms with Gasteiger partial charge in [-0.3, -0.25) is 4.90 Å². The molecule has 202 valence electrons. The number of unbranched alkanes of at least 4 members (excludes halogenated alkanes) is 1. The Morgan fingerprint density at radius 2 is 1.54 bits per heavy atom. The van der Waals surface area contributed by atoms with E-state index in [0.717, 1.165) is 55.8 Å². The second-order valence-corrected chi connectivity index (χ2v) is 10.4. The van der Waals surface area contributed by atoms with Crippen LogP contribution < -0.4 is 18.9 Å². The van der Waals surface area contributed by atoms with Gasteiger partial charge >= 0.3 is 0 Å². The number of fused-ring (bicyclic) bond motifs is 1. The molecule has 0 fully saturated rings. The van der Waals surface area contributed by atoms with Crippen molar-refractivity contribution in [3.63, 3.8) is 0 Å². The molecule has 37 heavy (non-hydrogen) atoms. The van der Waals surface area contributed by atoms with Crippen LogP contribution in [0.25, 0.3) is 0 Å². The van der Waals surface area contributed by atoms with E-state index in [1.165, 1.54) is 24.0 Å². The summed E-state index contributed by atoms with van der Waals surface area (Å²) < 4.78 is 22.1. The predicted octanol–water partition coefficient (Wildman–Crippen LogP) is 6.54. The summed E-state index contributed by atoms with van der Waals surface area (Å²) >= 11 is 0. The van der Waals surface area contributed by atoms with Gasteiger partial charge in [-0.2, -0.15) is 5.26 Å². The molecule has 0 aromatic heterocycles. The van der Waals surface area contributed by atoms with E-state index in [1.807, 2.05) is 18.2 Å². The third kappa shape index (κ3) is 6.15. The van der Waals surface area contributed by atoms with Crippen molar-refractivity contribution >= 4 is 0 Å². The van der Waals surface area contributed by atoms with Gasteiger partial charge in [0.15, 0.2) is 23.0 Å². The van der Waals surface area contributed by atoms with Gasteiger partial charge in [0.05, 0.1) is 39.9 Å². The Morgan fingerprint density at radius 3 is 2.11 bits per heavy atom. The highest BCUT2D eigenvalue weighted by atomic mass is 16.5. The minimum Gasteiger partial charge on any atom is -0.493 e. The molecule has 0 spiro atoms. The van der Waals surface area contributed by atoms with E-state index in [9.17, 15) is 5.26 Å². The van der Waals surface area contributed by atoms with Gasteiger partial charge in [-0.1, -0.05) is 33.3 Å². The van der Waals surface area contributed by atoms with E-state index in [-0.39, 0.29) is 5.92 Å². The average Bonchev–Trinajstić information content (AvgIpc) is 2.92. The molecule has 1 aliphatic heterocycles. The van der Waals surface area contributed by atoms with Crippen LogP contribution in [-0.4, -0.2) is 45.9 Å². The summed E-state index contributed by atoms with van der Waals surface area (Å²) in [6.45, 7) is 8.53. The quantitative estimate of drug-likeness (QED) is 0.306. The van der Waals surface area contributed by atoms with Crippen molar-refractivity contribution in [2.45, 2.75) is 77.3 Å². The maximum Gasteiger partial charge on any atom is 0.161 e. The van der Waals surface area contributed by atoms with Gasteiger partial charge < -0.3 is 18.9 Å². The maximum absolute atomic E-state index is 10.5. The van der Waals surface area contributed by atoms with E-state index in [0.29, 0.717) is 17.5 Å². The SMILES string of the molecule is CCCCN1Cc2cc(OC)c(OC)cc2C[C@H]1CCC[C@@](C#N)(c1ccc(OC)c(OC)c1)C(C)C. The normalized spacial score (nSPS) is 17.0. The van der Waals surface area contributed by atoms with Crippen molar-refractivity contribution in [3.8, 4) is 29.1 Å². The van der Waals surface area contributed by atoms with Gasteiger partial charge in [0.1, 0.15) is 0 Å². The number of rotatable bonds is 13. The smallest absolute Gasteiger partial charge is 0.161 e. The summed E-state index contributed by atoms with van der Waals surface area (Å²) in [5, 5.41) is 10.5. The first kappa shape index (κ1) is 28.7. The number of ether oxygens (including phenoxy) is 4. The molecule has 0 radical (unpaired) electrons. The number of nitriles is 1. The van der Waals surface area contributed by atoms with Crippen molar-refractivity contribution in [2.24, 2.45) is 5.92 Å². The molecule has 0 N–H and O–H groups in total. The molecule has 0 saturated heterocycles. The highest BCUT2D eigenvalue weighted by molar-refractivity contribution is 5.49. The predicted molar refractivity (Wildman–Crippen MR) is 148 cm³/mol. The van der Waals surface area contributed by atoms with Crippen molar-refractivity contribution in [1.82, 2.24) is 4.90 Å². The lowest BCUT2D eigenvalue weighted by atomic mass is 9.69. The Morgan fingerprint density at radius 1 is 0.919 bits per heavy atom. The summed E-state index contributed by atoms with van der Waals surface area (Å²) in [7, 11) is 6.66. The molecule has 2 atom stereocenters. The largest absolute Gasteiger partial charge is 0.493 e. The second kappa shape index (κ2) is 13.1. The lowest BCUT2D eigenvalue weighted by Crippen LogP contribution is -2.41. The number of nitrogens with zero attached hydrogens (tertiary/aromatic N) is 2. The summed E-state index contributed by atoms with van der Waals surface area (Å²) in [5.74, 6) is 3.09. The summed E-state index contributed by atoms with van der Waals surface area (Å²) in [4.78, 5) is 2.62. The fourth-order valence-corrected chi connectivity index (χ4v) is 5.68. The molecule has 1 aliphatic rings. The van der Waals surface area contributed by atoms with Crippen LogP contribution in [0.15, 0.2) is 30.3 Å². The summed E-state index contributed by atoms with van der Waals surface area (Å²) in [5.41, 5.74) is 3.07. The Hall–Kier alpha value is -2.91. The van der Waals surface area contributed by atoms with Crippen molar-refractivity contribution in [3.05, 3.63) is 47.0 Å². The number of hydrogen-bond acceptors (Lipinski definition) is 6. The van der Waals surface area contributed by atoms with Crippen LogP contribution in [0.1, 0.15) is 69.6 Å². The first-order valence-corrected chi connectivity index (χ1v) is 13.5. The highest BCUT2D eigenvalue weighted by Gasteiger charge is 2.37. The molecule has 0 aliphatic carbocycles. The van der Waals surface area contributed by atoms with Gasteiger partial charge in [0, 0.05) is 12.6 Å². The van der Waals surface area contributed by atoms with E-state index >= 15 is 0 Å². The van der Waals surface area contributed by atoms with Crippen LogP contribution in [0, 0.1) is 17.2 Å². The second-order valence-electron chi connectivity index (χ2n) is 10.4. The van der Waals surface area contributed by atoms with E-state index < -0.39 is 5.41 Å². The van der Waals surface area contributed by atoms with Crippen LogP contribution in [0.3, 0.4) is 0 Å². The zero-order valence-corrected chi connectivity index (χ0v) is 23.7. The molecular weight excluding hydrogens is 464 g/mol. The number of hydrogen-bond donors (Lipinski definition) is 0. The van der Waals surface area contributed by atoms with Gasteiger partial charge in [-0.05, 0) is 85.5 Å². The minimum absolute atomic E-state index is 0.163. The fraction of sp³-hybridized carbons (Fsp3) is 0.581. The van der Waals surface area contributed by atoms with Crippen LogP contribution in [0.2, 0.25) is 0 Å². The molecule has 2 aromatic carbocycles. The highest BCUT2D eigenvalue weighted by Crippen LogP contribution is 2.42. The lowest BCUT2D eigenvalue weighted by molar-refractivity contribution is 0.154. The van der Waals surface area contributed by atoms with Crippen LogP contribution in [-0.2, 0) is 18.4 Å². The third-order valence-electron chi connectivity index (χ3n) is 8.04. The number of benzene rings is 2. The summed E-state index contributed by atoms with van der Waals surface area (Å²) in [6.07, 6.45) is 6.15. The molecule has 6 nitrogen and oxygen atoms in total. The standard InChI is InChI=1S/C31H44N2O4/c1-8-9-15-33-20-24-18-29(36-6)28(35-5)17-23(24)16-26(33)11-10-14-31(21-32,22(2)3)25-12-13-27(34-4)30(19-25)37-7/h12-13,17-19,22,26H,8-11,14-16,20H2,1-7H3/t26-,31+/m1/s1. The molecule has 0 bridgehead atoms.